The number of benzene rings is 1. The number of carbonyl (C=O) groups excluding carboxylic acids is 1. The van der Waals surface area contributed by atoms with Gasteiger partial charge in [-0.3, -0.25) is 9.59 Å². The summed E-state index contributed by atoms with van der Waals surface area (Å²) in [6, 6.07) is 16.2. The smallest absolute Gasteiger partial charge is 0.290 e. The molecule has 1 atom stereocenters. The minimum Gasteiger partial charge on any atom is -0.454 e. The molecule has 4 rings (SSSR count). The fraction of sp³-hybridized carbons (Fsp3) is 0.273. The van der Waals surface area contributed by atoms with E-state index in [0.717, 1.165) is 18.4 Å². The zero-order valence-electron chi connectivity index (χ0n) is 15.5. The molecule has 0 spiro atoms. The number of aromatic nitrogens is 1. The Morgan fingerprint density at radius 2 is 1.93 bits per heavy atom. The van der Waals surface area contributed by atoms with Crippen molar-refractivity contribution in [3.8, 4) is 0 Å². The van der Waals surface area contributed by atoms with Crippen molar-refractivity contribution in [3.05, 3.63) is 93.3 Å². The highest BCUT2D eigenvalue weighted by Crippen LogP contribution is 2.36. The van der Waals surface area contributed by atoms with Crippen molar-refractivity contribution >= 4 is 17.5 Å². The molecule has 6 heteroatoms. The van der Waals surface area contributed by atoms with E-state index in [1.165, 1.54) is 6.07 Å². The highest BCUT2D eigenvalue weighted by atomic mass is 35.5. The maximum absolute atomic E-state index is 13.2. The molecule has 2 heterocycles. The lowest BCUT2D eigenvalue weighted by Crippen LogP contribution is -2.35. The van der Waals surface area contributed by atoms with Gasteiger partial charge in [-0.05, 0) is 55.7 Å². The van der Waals surface area contributed by atoms with Gasteiger partial charge in [-0.25, -0.2) is 0 Å². The molecule has 1 saturated carbocycles. The first-order valence-corrected chi connectivity index (χ1v) is 9.73. The molecule has 1 amide bonds. The minimum absolute atomic E-state index is 0.0810. The number of amides is 1. The molecule has 5 nitrogen and oxygen atoms in total. The van der Waals surface area contributed by atoms with Crippen LogP contribution < -0.4 is 5.56 Å². The van der Waals surface area contributed by atoms with Crippen LogP contribution in [0.2, 0.25) is 5.02 Å². The molecule has 0 radical (unpaired) electrons. The summed E-state index contributed by atoms with van der Waals surface area (Å²) in [5, 5.41) is 0.673. The van der Waals surface area contributed by atoms with E-state index in [1.807, 2.05) is 36.1 Å². The summed E-state index contributed by atoms with van der Waals surface area (Å²) < 4.78 is 7.34. The normalized spacial score (nSPS) is 14.6. The molecule has 2 aromatic heterocycles. The molecule has 1 aromatic carbocycles. The van der Waals surface area contributed by atoms with Crippen LogP contribution in [0.25, 0.3) is 0 Å². The highest BCUT2D eigenvalue weighted by molar-refractivity contribution is 6.30. The molecule has 0 bridgehead atoms. The van der Waals surface area contributed by atoms with E-state index >= 15 is 0 Å². The van der Waals surface area contributed by atoms with E-state index < -0.39 is 0 Å². The standard InChI is InChI=1S/C22H21ClN2O3/c1-15(16-5-7-17(23)8-6-16)25(18-9-10-18)22(27)20-12-11-19(28-20)14-24-13-3-2-4-21(24)26/h2-8,11-13,15,18H,9-10,14H2,1H3. The van der Waals surface area contributed by atoms with Crippen molar-refractivity contribution in [2.45, 2.75) is 38.4 Å². The molecule has 1 unspecified atom stereocenters. The fourth-order valence-corrected chi connectivity index (χ4v) is 3.50. The van der Waals surface area contributed by atoms with E-state index in [9.17, 15) is 9.59 Å². The first kappa shape index (κ1) is 18.6. The van der Waals surface area contributed by atoms with E-state index in [4.69, 9.17) is 16.0 Å². The van der Waals surface area contributed by atoms with Crippen molar-refractivity contribution in [3.63, 3.8) is 0 Å². The van der Waals surface area contributed by atoms with E-state index in [1.54, 1.807) is 35.0 Å². The highest BCUT2D eigenvalue weighted by Gasteiger charge is 2.37. The van der Waals surface area contributed by atoms with E-state index in [2.05, 4.69) is 0 Å². The van der Waals surface area contributed by atoms with Gasteiger partial charge in [0.1, 0.15) is 5.76 Å². The number of hydrogen-bond donors (Lipinski definition) is 0. The summed E-state index contributed by atoms with van der Waals surface area (Å²) in [7, 11) is 0. The Hall–Kier alpha value is -2.79. The van der Waals surface area contributed by atoms with Crippen LogP contribution in [0.15, 0.2) is 70.0 Å². The third kappa shape index (κ3) is 3.90. The average molecular weight is 397 g/mol. The molecule has 1 aliphatic rings. The van der Waals surface area contributed by atoms with Crippen LogP contribution in [-0.2, 0) is 6.54 Å². The number of rotatable bonds is 6. The number of hydrogen-bond acceptors (Lipinski definition) is 3. The molecule has 0 aliphatic heterocycles. The van der Waals surface area contributed by atoms with Crippen LogP contribution in [0.1, 0.15) is 47.7 Å². The van der Waals surface area contributed by atoms with Gasteiger partial charge in [-0.1, -0.05) is 29.8 Å². The van der Waals surface area contributed by atoms with Crippen LogP contribution in [0.3, 0.4) is 0 Å². The molecule has 144 valence electrons. The summed E-state index contributed by atoms with van der Waals surface area (Å²) in [6.07, 6.45) is 3.69. The lowest BCUT2D eigenvalue weighted by molar-refractivity contribution is 0.0639. The topological polar surface area (TPSA) is 55.5 Å². The summed E-state index contributed by atoms with van der Waals surface area (Å²) >= 11 is 5.99. The third-order valence-corrected chi connectivity index (χ3v) is 5.29. The zero-order valence-corrected chi connectivity index (χ0v) is 16.3. The number of pyridine rings is 1. The summed E-state index contributed by atoms with van der Waals surface area (Å²) in [4.78, 5) is 26.9. The largest absolute Gasteiger partial charge is 0.454 e. The van der Waals surface area contributed by atoms with Crippen molar-refractivity contribution in [2.24, 2.45) is 0 Å². The Bertz CT molecular complexity index is 1030. The van der Waals surface area contributed by atoms with Crippen LogP contribution in [0, 0.1) is 0 Å². The van der Waals surface area contributed by atoms with E-state index in [-0.39, 0.29) is 23.6 Å². The Morgan fingerprint density at radius 1 is 1.18 bits per heavy atom. The average Bonchev–Trinajstić information content (AvgIpc) is 3.41. The number of furan rings is 1. The molecular weight excluding hydrogens is 376 g/mol. The SMILES string of the molecule is CC(c1ccc(Cl)cc1)N(C(=O)c1ccc(Cn2ccccc2=O)o1)C1CC1. The second-order valence-electron chi connectivity index (χ2n) is 7.10. The van der Waals surface area contributed by atoms with Gasteiger partial charge in [-0.15, -0.1) is 0 Å². The summed E-state index contributed by atoms with van der Waals surface area (Å²) in [5.74, 6) is 0.745. The predicted octanol–water partition coefficient (Wildman–Crippen LogP) is 4.51. The minimum atomic E-state index is -0.128. The first-order valence-electron chi connectivity index (χ1n) is 9.35. The van der Waals surface area contributed by atoms with Gasteiger partial charge in [0.05, 0.1) is 12.6 Å². The summed E-state index contributed by atoms with van der Waals surface area (Å²) in [6.45, 7) is 2.32. The van der Waals surface area contributed by atoms with Gasteiger partial charge in [-0.2, -0.15) is 0 Å². The van der Waals surface area contributed by atoms with Crippen LogP contribution >= 0.6 is 11.6 Å². The van der Waals surface area contributed by atoms with Crippen molar-refractivity contribution in [1.82, 2.24) is 9.47 Å². The monoisotopic (exact) mass is 396 g/mol. The maximum atomic E-state index is 13.2. The van der Waals surface area contributed by atoms with Gasteiger partial charge in [0, 0.05) is 23.3 Å². The Kier molecular flexibility index (Phi) is 5.09. The Balaban J connectivity index is 1.55. The quantitative estimate of drug-likeness (QED) is 0.616. The number of carbonyl (C=O) groups is 1. The van der Waals surface area contributed by atoms with Gasteiger partial charge in [0.2, 0.25) is 0 Å². The Morgan fingerprint density at radius 3 is 2.61 bits per heavy atom. The molecule has 1 fully saturated rings. The molecule has 1 aliphatic carbocycles. The van der Waals surface area contributed by atoms with Crippen molar-refractivity contribution in [1.29, 1.82) is 0 Å². The summed E-state index contributed by atoms with van der Waals surface area (Å²) in [5.41, 5.74) is 0.926. The van der Waals surface area contributed by atoms with Gasteiger partial charge in [0.15, 0.2) is 5.76 Å². The molecule has 28 heavy (non-hydrogen) atoms. The van der Waals surface area contributed by atoms with Gasteiger partial charge in [0.25, 0.3) is 11.5 Å². The van der Waals surface area contributed by atoms with Crippen LogP contribution in [-0.4, -0.2) is 21.4 Å². The van der Waals surface area contributed by atoms with Crippen molar-refractivity contribution < 1.29 is 9.21 Å². The first-order chi connectivity index (χ1) is 13.5. The fourth-order valence-electron chi connectivity index (χ4n) is 3.38. The number of nitrogens with zero attached hydrogens (tertiary/aromatic N) is 2. The predicted molar refractivity (Wildman–Crippen MR) is 108 cm³/mol. The van der Waals surface area contributed by atoms with Crippen LogP contribution in [0.4, 0.5) is 0 Å². The molecule has 0 N–H and O–H groups in total. The second-order valence-corrected chi connectivity index (χ2v) is 7.54. The lowest BCUT2D eigenvalue weighted by atomic mass is 10.1. The number of halogens is 1. The molecule has 0 saturated heterocycles. The second kappa shape index (κ2) is 7.68. The van der Waals surface area contributed by atoms with E-state index in [0.29, 0.717) is 23.1 Å². The van der Waals surface area contributed by atoms with Gasteiger partial charge >= 0.3 is 0 Å². The molecule has 3 aromatic rings. The third-order valence-electron chi connectivity index (χ3n) is 5.04. The Labute approximate surface area is 168 Å². The zero-order chi connectivity index (χ0) is 19.7. The van der Waals surface area contributed by atoms with Crippen LogP contribution in [0.5, 0.6) is 0 Å². The lowest BCUT2D eigenvalue weighted by Gasteiger charge is -2.29. The van der Waals surface area contributed by atoms with Gasteiger partial charge < -0.3 is 13.9 Å². The maximum Gasteiger partial charge on any atom is 0.290 e. The van der Waals surface area contributed by atoms with Crippen molar-refractivity contribution in [2.75, 3.05) is 0 Å². The molecular formula is C22H21ClN2O3.